The van der Waals surface area contributed by atoms with Crippen LogP contribution in [0.1, 0.15) is 10.6 Å². The van der Waals surface area contributed by atoms with E-state index in [0.717, 1.165) is 5.56 Å². The summed E-state index contributed by atoms with van der Waals surface area (Å²) in [5.41, 5.74) is 1.95. The van der Waals surface area contributed by atoms with E-state index in [0.29, 0.717) is 33.7 Å². The van der Waals surface area contributed by atoms with E-state index in [2.05, 4.69) is 15.5 Å². The number of ether oxygens (including phenoxy) is 1. The van der Waals surface area contributed by atoms with Crippen LogP contribution in [0.25, 0.3) is 22.8 Å². The summed E-state index contributed by atoms with van der Waals surface area (Å²) < 4.78 is 15.8. The van der Waals surface area contributed by atoms with E-state index in [-0.39, 0.29) is 11.7 Å². The maximum atomic E-state index is 12.0. The molecule has 4 rings (SSSR count). The Morgan fingerprint density at radius 3 is 2.68 bits per heavy atom. The number of carbonyl (C=O) groups is 1. The van der Waals surface area contributed by atoms with Crippen LogP contribution >= 0.6 is 11.6 Å². The minimum atomic E-state index is -0.326. The van der Waals surface area contributed by atoms with Crippen LogP contribution in [0.5, 0.6) is 5.75 Å². The summed E-state index contributed by atoms with van der Waals surface area (Å²) in [5, 5.41) is 7.29. The van der Waals surface area contributed by atoms with Gasteiger partial charge in [-0.15, -0.1) is 0 Å². The van der Waals surface area contributed by atoms with Crippen molar-refractivity contribution in [3.63, 3.8) is 0 Å². The number of halogens is 1. The number of benzene rings is 2. The zero-order chi connectivity index (χ0) is 19.5. The molecule has 0 atom stereocenters. The Balaban J connectivity index is 1.54. The highest BCUT2D eigenvalue weighted by molar-refractivity contribution is 6.30. The number of furan rings is 1. The summed E-state index contributed by atoms with van der Waals surface area (Å²) >= 11 is 6.06. The predicted octanol–water partition coefficient (Wildman–Crippen LogP) is 4.91. The molecule has 4 aromatic rings. The molecule has 0 spiro atoms. The lowest BCUT2D eigenvalue weighted by atomic mass is 10.2. The lowest BCUT2D eigenvalue weighted by Crippen LogP contribution is -2.10. The van der Waals surface area contributed by atoms with E-state index >= 15 is 0 Å². The van der Waals surface area contributed by atoms with Gasteiger partial charge in [-0.3, -0.25) is 4.79 Å². The van der Waals surface area contributed by atoms with E-state index in [1.54, 1.807) is 61.7 Å². The Kier molecular flexibility index (Phi) is 4.82. The number of anilines is 1. The molecule has 0 unspecified atom stereocenters. The van der Waals surface area contributed by atoms with Crippen LogP contribution in [0.4, 0.5) is 5.69 Å². The average Bonchev–Trinajstić information content (AvgIpc) is 3.41. The SMILES string of the molecule is COc1ccc(Cl)cc1-c1nc(-c2ccc(NC(=O)c3ccco3)cc2)no1. The van der Waals surface area contributed by atoms with E-state index in [1.807, 2.05) is 0 Å². The third-order valence-corrected chi connectivity index (χ3v) is 4.20. The zero-order valence-electron chi connectivity index (χ0n) is 14.7. The molecule has 0 aliphatic heterocycles. The first kappa shape index (κ1) is 17.8. The van der Waals surface area contributed by atoms with Crippen LogP contribution in [-0.4, -0.2) is 23.2 Å². The quantitative estimate of drug-likeness (QED) is 0.516. The summed E-state index contributed by atoms with van der Waals surface area (Å²) in [4.78, 5) is 16.4. The maximum absolute atomic E-state index is 12.0. The Hall–Kier alpha value is -3.58. The van der Waals surface area contributed by atoms with Crippen molar-refractivity contribution in [2.75, 3.05) is 12.4 Å². The predicted molar refractivity (Wildman–Crippen MR) is 103 cm³/mol. The number of nitrogens with one attached hydrogen (secondary N) is 1. The van der Waals surface area contributed by atoms with Crippen molar-refractivity contribution in [3.05, 3.63) is 71.6 Å². The molecular formula is C20H14ClN3O4. The third-order valence-electron chi connectivity index (χ3n) is 3.96. The molecule has 0 saturated heterocycles. The zero-order valence-corrected chi connectivity index (χ0v) is 15.4. The topological polar surface area (TPSA) is 90.4 Å². The lowest BCUT2D eigenvalue weighted by molar-refractivity contribution is 0.0996. The first-order valence-corrected chi connectivity index (χ1v) is 8.65. The maximum Gasteiger partial charge on any atom is 0.291 e. The summed E-state index contributed by atoms with van der Waals surface area (Å²) in [5.74, 6) is 1.19. The van der Waals surface area contributed by atoms with E-state index in [1.165, 1.54) is 6.26 Å². The van der Waals surface area contributed by atoms with E-state index in [4.69, 9.17) is 25.3 Å². The Morgan fingerprint density at radius 2 is 1.96 bits per heavy atom. The molecule has 0 saturated carbocycles. The molecule has 0 aliphatic carbocycles. The Labute approximate surface area is 164 Å². The number of hydrogen-bond acceptors (Lipinski definition) is 6. The number of amides is 1. The smallest absolute Gasteiger partial charge is 0.291 e. The largest absolute Gasteiger partial charge is 0.496 e. The number of hydrogen-bond donors (Lipinski definition) is 1. The molecule has 2 aromatic heterocycles. The molecule has 1 amide bonds. The van der Waals surface area contributed by atoms with Crippen molar-refractivity contribution in [2.45, 2.75) is 0 Å². The molecule has 2 heterocycles. The van der Waals surface area contributed by atoms with Crippen molar-refractivity contribution in [2.24, 2.45) is 0 Å². The van der Waals surface area contributed by atoms with Crippen molar-refractivity contribution in [1.29, 1.82) is 0 Å². The Bertz CT molecular complexity index is 1100. The van der Waals surface area contributed by atoms with Crippen molar-refractivity contribution in [3.8, 4) is 28.6 Å². The molecule has 1 N–H and O–H groups in total. The van der Waals surface area contributed by atoms with Crippen molar-refractivity contribution < 1.29 is 18.5 Å². The van der Waals surface area contributed by atoms with Gasteiger partial charge in [-0.25, -0.2) is 0 Å². The fourth-order valence-corrected chi connectivity index (χ4v) is 2.77. The number of methoxy groups -OCH3 is 1. The average molecular weight is 396 g/mol. The van der Waals surface area contributed by atoms with Gasteiger partial charge in [0.05, 0.1) is 18.9 Å². The molecule has 8 heteroatoms. The molecule has 7 nitrogen and oxygen atoms in total. The lowest BCUT2D eigenvalue weighted by Gasteiger charge is -2.04. The van der Waals surface area contributed by atoms with Gasteiger partial charge in [0.25, 0.3) is 11.8 Å². The highest BCUT2D eigenvalue weighted by Crippen LogP contribution is 2.32. The molecule has 28 heavy (non-hydrogen) atoms. The van der Waals surface area contributed by atoms with Crippen LogP contribution in [0.3, 0.4) is 0 Å². The number of aromatic nitrogens is 2. The highest BCUT2D eigenvalue weighted by Gasteiger charge is 2.16. The van der Waals surface area contributed by atoms with Gasteiger partial charge in [0.1, 0.15) is 5.75 Å². The molecule has 2 aromatic carbocycles. The van der Waals surface area contributed by atoms with Gasteiger partial charge < -0.3 is 19.0 Å². The summed E-state index contributed by atoms with van der Waals surface area (Å²) in [7, 11) is 1.56. The number of nitrogens with zero attached hydrogens (tertiary/aromatic N) is 2. The molecule has 0 aliphatic rings. The van der Waals surface area contributed by atoms with Gasteiger partial charge in [0, 0.05) is 16.3 Å². The number of carbonyl (C=O) groups excluding carboxylic acids is 1. The Morgan fingerprint density at radius 1 is 1.14 bits per heavy atom. The molecule has 0 radical (unpaired) electrons. The minimum Gasteiger partial charge on any atom is -0.496 e. The van der Waals surface area contributed by atoms with Crippen LogP contribution in [0, 0.1) is 0 Å². The van der Waals surface area contributed by atoms with E-state index in [9.17, 15) is 4.79 Å². The van der Waals surface area contributed by atoms with Gasteiger partial charge >= 0.3 is 0 Å². The second kappa shape index (κ2) is 7.58. The van der Waals surface area contributed by atoms with Gasteiger partial charge in [0.15, 0.2) is 5.76 Å². The van der Waals surface area contributed by atoms with Crippen LogP contribution in [0.2, 0.25) is 5.02 Å². The van der Waals surface area contributed by atoms with Crippen LogP contribution in [-0.2, 0) is 0 Å². The van der Waals surface area contributed by atoms with Gasteiger partial charge in [-0.2, -0.15) is 4.98 Å². The second-order valence-corrected chi connectivity index (χ2v) is 6.21. The molecule has 0 bridgehead atoms. The first-order valence-electron chi connectivity index (χ1n) is 8.27. The summed E-state index contributed by atoms with van der Waals surface area (Å²) in [6.07, 6.45) is 1.45. The standard InChI is InChI=1S/C20H14ClN3O4/c1-26-16-9-6-13(21)11-15(16)20-23-18(24-28-20)12-4-7-14(8-5-12)22-19(25)17-3-2-10-27-17/h2-11H,1H3,(H,22,25). The third kappa shape index (κ3) is 3.60. The van der Waals surface area contributed by atoms with Crippen LogP contribution < -0.4 is 10.1 Å². The molecular weight excluding hydrogens is 382 g/mol. The van der Waals surface area contributed by atoms with Crippen molar-refractivity contribution in [1.82, 2.24) is 10.1 Å². The molecule has 140 valence electrons. The fourth-order valence-electron chi connectivity index (χ4n) is 2.60. The number of rotatable bonds is 5. The van der Waals surface area contributed by atoms with Gasteiger partial charge in [-0.1, -0.05) is 16.8 Å². The normalized spacial score (nSPS) is 10.6. The summed E-state index contributed by atoms with van der Waals surface area (Å²) in [6.45, 7) is 0. The van der Waals surface area contributed by atoms with Gasteiger partial charge in [0.2, 0.25) is 5.82 Å². The fraction of sp³-hybridized carbons (Fsp3) is 0.0500. The van der Waals surface area contributed by atoms with Gasteiger partial charge in [-0.05, 0) is 54.6 Å². The molecule has 0 fully saturated rings. The van der Waals surface area contributed by atoms with E-state index < -0.39 is 0 Å². The monoisotopic (exact) mass is 395 g/mol. The highest BCUT2D eigenvalue weighted by atomic mass is 35.5. The van der Waals surface area contributed by atoms with Crippen LogP contribution in [0.15, 0.2) is 69.8 Å². The second-order valence-electron chi connectivity index (χ2n) is 5.78. The first-order chi connectivity index (χ1) is 13.6. The van der Waals surface area contributed by atoms with Crippen molar-refractivity contribution >= 4 is 23.2 Å². The summed E-state index contributed by atoms with van der Waals surface area (Å²) in [6, 6.07) is 15.4. The minimum absolute atomic E-state index is 0.238.